The second-order valence-electron chi connectivity index (χ2n) is 15.3. The van der Waals surface area contributed by atoms with E-state index in [0.717, 1.165) is 28.3 Å². The Morgan fingerprint density at radius 2 is 0.800 bits per heavy atom. The first-order chi connectivity index (χ1) is 29.8. The van der Waals surface area contributed by atoms with Crippen LogP contribution in [0.5, 0.6) is 0 Å². The average Bonchev–Trinajstić information content (AvgIpc) is 3.66. The Kier molecular flexibility index (Phi) is 8.87. The molecule has 11 rings (SSSR count). The van der Waals surface area contributed by atoms with Crippen LogP contribution in [0.15, 0.2) is 243 Å². The van der Waals surface area contributed by atoms with Gasteiger partial charge in [-0.15, -0.1) is 0 Å². The van der Waals surface area contributed by atoms with Crippen molar-refractivity contribution in [2.45, 2.75) is 0 Å². The average molecular weight is 765 g/mol. The molecule has 0 N–H and O–H groups in total. The summed E-state index contributed by atoms with van der Waals surface area (Å²) in [6.07, 6.45) is 0. The van der Waals surface area contributed by atoms with Crippen LogP contribution >= 0.6 is 0 Å². The first-order valence-corrected chi connectivity index (χ1v) is 20.6. The van der Waals surface area contributed by atoms with Crippen molar-refractivity contribution in [2.24, 2.45) is 0 Å². The number of benzene rings is 10. The Balaban J connectivity index is 1.19. The van der Waals surface area contributed by atoms with E-state index in [0.29, 0.717) is 0 Å². The van der Waals surface area contributed by atoms with Gasteiger partial charge in [0.05, 0.1) is 22.4 Å². The van der Waals surface area contributed by atoms with Crippen LogP contribution in [0, 0.1) is 0 Å². The summed E-state index contributed by atoms with van der Waals surface area (Å²) in [6, 6.07) is 88.0. The minimum absolute atomic E-state index is 1.08. The second-order valence-corrected chi connectivity index (χ2v) is 15.3. The molecule has 0 amide bonds. The molecule has 282 valence electrons. The molecule has 0 aliphatic rings. The molecule has 0 radical (unpaired) electrons. The fraction of sp³-hybridized carbons (Fsp3) is 0. The van der Waals surface area contributed by atoms with E-state index in [1.807, 2.05) is 0 Å². The number of rotatable bonds is 8. The van der Waals surface area contributed by atoms with Gasteiger partial charge in [0.25, 0.3) is 0 Å². The standard InChI is InChI=1S/C58H40N2/c1-4-17-41(18-5-1)43-33-35-48(36-34-43)59(55-29-14-12-25-50(55)44-20-6-2-7-21-44)49-37-38-54-53-26-13-15-30-56(53)60(57(54)40-49)58-51(45-22-8-3-9-23-45)27-16-28-52(58)47-32-31-42-19-10-11-24-46(42)39-47/h1-40H. The van der Waals surface area contributed by atoms with Gasteiger partial charge in [-0.25, -0.2) is 0 Å². The van der Waals surface area contributed by atoms with Crippen LogP contribution in [-0.4, -0.2) is 4.57 Å². The van der Waals surface area contributed by atoms with Gasteiger partial charge in [0.2, 0.25) is 0 Å². The highest BCUT2D eigenvalue weighted by atomic mass is 15.1. The molecular weight excluding hydrogens is 725 g/mol. The summed E-state index contributed by atoms with van der Waals surface area (Å²) in [6.45, 7) is 0. The highest BCUT2D eigenvalue weighted by Gasteiger charge is 2.23. The van der Waals surface area contributed by atoms with Gasteiger partial charge < -0.3 is 9.47 Å². The molecule has 0 aliphatic carbocycles. The lowest BCUT2D eigenvalue weighted by atomic mass is 9.94. The van der Waals surface area contributed by atoms with Crippen molar-refractivity contribution in [3.63, 3.8) is 0 Å². The number of nitrogens with zero attached hydrogens (tertiary/aromatic N) is 2. The van der Waals surface area contributed by atoms with E-state index >= 15 is 0 Å². The van der Waals surface area contributed by atoms with Gasteiger partial charge >= 0.3 is 0 Å². The van der Waals surface area contributed by atoms with Gasteiger partial charge in [-0.1, -0.05) is 200 Å². The predicted molar refractivity (Wildman–Crippen MR) is 255 cm³/mol. The second kappa shape index (κ2) is 15.1. The van der Waals surface area contributed by atoms with Crippen molar-refractivity contribution in [2.75, 3.05) is 4.90 Å². The van der Waals surface area contributed by atoms with Crippen LogP contribution in [0.3, 0.4) is 0 Å². The molecule has 0 fully saturated rings. The van der Waals surface area contributed by atoms with E-state index in [1.54, 1.807) is 0 Å². The predicted octanol–water partition coefficient (Wildman–Crippen LogP) is 16.1. The van der Waals surface area contributed by atoms with E-state index in [9.17, 15) is 0 Å². The highest BCUT2D eigenvalue weighted by Crippen LogP contribution is 2.46. The Hall–Kier alpha value is -7.94. The van der Waals surface area contributed by atoms with Gasteiger partial charge in [-0.05, 0) is 81.1 Å². The van der Waals surface area contributed by atoms with Crippen LogP contribution in [0.1, 0.15) is 0 Å². The largest absolute Gasteiger partial charge is 0.310 e. The molecule has 10 aromatic carbocycles. The summed E-state index contributed by atoms with van der Waals surface area (Å²) in [4.78, 5) is 2.42. The van der Waals surface area contributed by atoms with E-state index in [2.05, 4.69) is 252 Å². The first kappa shape index (κ1) is 35.2. The monoisotopic (exact) mass is 764 g/mol. The van der Waals surface area contributed by atoms with E-state index < -0.39 is 0 Å². The molecule has 11 aromatic rings. The van der Waals surface area contributed by atoms with Gasteiger partial charge in [0.15, 0.2) is 0 Å². The van der Waals surface area contributed by atoms with Crippen molar-refractivity contribution >= 4 is 49.6 Å². The zero-order valence-corrected chi connectivity index (χ0v) is 33.0. The van der Waals surface area contributed by atoms with E-state index in [4.69, 9.17) is 0 Å². The topological polar surface area (TPSA) is 8.17 Å². The van der Waals surface area contributed by atoms with Crippen LogP contribution < -0.4 is 4.90 Å². The summed E-state index contributed by atoms with van der Waals surface area (Å²) < 4.78 is 2.51. The molecule has 0 saturated heterocycles. The number of hydrogen-bond donors (Lipinski definition) is 0. The first-order valence-electron chi connectivity index (χ1n) is 20.6. The third-order valence-corrected chi connectivity index (χ3v) is 11.8. The molecule has 0 unspecified atom stereocenters. The van der Waals surface area contributed by atoms with Crippen molar-refractivity contribution in [3.05, 3.63) is 243 Å². The van der Waals surface area contributed by atoms with Crippen LogP contribution in [0.25, 0.3) is 82.8 Å². The molecule has 0 aliphatic heterocycles. The highest BCUT2D eigenvalue weighted by molar-refractivity contribution is 6.12. The van der Waals surface area contributed by atoms with Crippen molar-refractivity contribution < 1.29 is 0 Å². The Labute approximate surface area is 350 Å². The molecule has 2 nitrogen and oxygen atoms in total. The minimum Gasteiger partial charge on any atom is -0.310 e. The van der Waals surface area contributed by atoms with Crippen LogP contribution in [0.4, 0.5) is 17.1 Å². The minimum atomic E-state index is 1.08. The maximum absolute atomic E-state index is 2.51. The number of hydrogen-bond acceptors (Lipinski definition) is 1. The molecule has 0 bridgehead atoms. The Morgan fingerprint density at radius 3 is 1.55 bits per heavy atom. The van der Waals surface area contributed by atoms with Crippen LogP contribution in [0.2, 0.25) is 0 Å². The molecule has 1 heterocycles. The summed E-state index contributed by atoms with van der Waals surface area (Å²) in [5.74, 6) is 0. The quantitative estimate of drug-likeness (QED) is 0.150. The number of fused-ring (bicyclic) bond motifs is 4. The zero-order chi connectivity index (χ0) is 39.8. The summed E-state index contributed by atoms with van der Waals surface area (Å²) in [5, 5.41) is 4.88. The van der Waals surface area contributed by atoms with E-state index in [-0.39, 0.29) is 0 Å². The Morgan fingerprint density at radius 1 is 0.283 bits per heavy atom. The molecular formula is C58H40N2. The molecule has 0 saturated carbocycles. The van der Waals surface area contributed by atoms with E-state index in [1.165, 1.54) is 71.6 Å². The summed E-state index contributed by atoms with van der Waals surface area (Å²) in [5.41, 5.74) is 16.2. The molecule has 1 aromatic heterocycles. The maximum Gasteiger partial charge on any atom is 0.0618 e. The van der Waals surface area contributed by atoms with Gasteiger partial charge in [0, 0.05) is 38.8 Å². The zero-order valence-electron chi connectivity index (χ0n) is 33.0. The fourth-order valence-corrected chi connectivity index (χ4v) is 8.96. The third kappa shape index (κ3) is 6.23. The fourth-order valence-electron chi connectivity index (χ4n) is 8.96. The summed E-state index contributed by atoms with van der Waals surface area (Å²) in [7, 11) is 0. The number of anilines is 3. The molecule has 60 heavy (non-hydrogen) atoms. The SMILES string of the molecule is c1ccc(-c2ccc(N(c3ccc4c5ccccc5n(-c5c(-c6ccccc6)cccc5-c5ccc6ccccc6c5)c4c3)c3ccccc3-c3ccccc3)cc2)cc1. The Bertz CT molecular complexity index is 3290. The lowest BCUT2D eigenvalue weighted by Gasteiger charge is -2.28. The number of para-hydroxylation sites is 3. The van der Waals surface area contributed by atoms with Crippen LogP contribution in [-0.2, 0) is 0 Å². The number of aromatic nitrogens is 1. The van der Waals surface area contributed by atoms with Gasteiger partial charge in [0.1, 0.15) is 0 Å². The third-order valence-electron chi connectivity index (χ3n) is 11.8. The van der Waals surface area contributed by atoms with Gasteiger partial charge in [-0.2, -0.15) is 0 Å². The molecule has 0 spiro atoms. The smallest absolute Gasteiger partial charge is 0.0618 e. The summed E-state index contributed by atoms with van der Waals surface area (Å²) >= 11 is 0. The maximum atomic E-state index is 2.51. The van der Waals surface area contributed by atoms with Crippen molar-refractivity contribution in [1.82, 2.24) is 4.57 Å². The van der Waals surface area contributed by atoms with Crippen molar-refractivity contribution in [1.29, 1.82) is 0 Å². The molecule has 0 atom stereocenters. The van der Waals surface area contributed by atoms with Gasteiger partial charge in [-0.3, -0.25) is 0 Å². The van der Waals surface area contributed by atoms with Crippen molar-refractivity contribution in [3.8, 4) is 50.2 Å². The lowest BCUT2D eigenvalue weighted by molar-refractivity contribution is 1.18. The normalized spacial score (nSPS) is 11.3. The lowest BCUT2D eigenvalue weighted by Crippen LogP contribution is -2.11. The molecule has 2 heteroatoms.